The van der Waals surface area contributed by atoms with Gasteiger partial charge in [-0.2, -0.15) is 4.73 Å². The van der Waals surface area contributed by atoms with Gasteiger partial charge >= 0.3 is 0 Å². The fraction of sp³-hybridized carbons (Fsp3) is 0.0833. The molecule has 0 unspecified atom stereocenters. The largest absolute Gasteiger partial charge is 0.619 e. The van der Waals surface area contributed by atoms with Crippen molar-refractivity contribution in [2.75, 3.05) is 5.32 Å². The van der Waals surface area contributed by atoms with E-state index >= 15 is 0 Å². The van der Waals surface area contributed by atoms with Gasteiger partial charge in [-0.05, 0) is 18.6 Å². The van der Waals surface area contributed by atoms with Crippen LogP contribution in [0.3, 0.4) is 0 Å². The third-order valence-corrected chi connectivity index (χ3v) is 2.55. The van der Waals surface area contributed by atoms with Crippen molar-refractivity contribution in [1.29, 1.82) is 0 Å². The predicted molar refractivity (Wildman–Crippen MR) is 67.3 cm³/mol. The van der Waals surface area contributed by atoms with Gasteiger partial charge < -0.3 is 10.5 Å². The molecule has 2 aromatic rings. The number of hydrogen-bond donors (Lipinski definition) is 1. The van der Waals surface area contributed by atoms with Crippen LogP contribution in [0.1, 0.15) is 15.9 Å². The fourth-order valence-corrected chi connectivity index (χ4v) is 1.63. The van der Waals surface area contributed by atoms with Gasteiger partial charge in [0.2, 0.25) is 0 Å². The molecule has 18 heavy (non-hydrogen) atoms. The van der Waals surface area contributed by atoms with Gasteiger partial charge in [-0.15, -0.1) is 0 Å². The standard InChI is InChI=1S/C12H10ClN3O2/c1-8-6-10(13)7-14-11(8)15-12(17)9-2-4-16(18)5-3-9/h2-7H,1H3,(H,14,15,17). The van der Waals surface area contributed by atoms with Crippen molar-refractivity contribution in [1.82, 2.24) is 4.98 Å². The van der Waals surface area contributed by atoms with Gasteiger partial charge in [0.25, 0.3) is 5.91 Å². The summed E-state index contributed by atoms with van der Waals surface area (Å²) in [5, 5.41) is 14.0. The predicted octanol–water partition coefficient (Wildman–Crippen LogP) is 1.93. The van der Waals surface area contributed by atoms with Gasteiger partial charge in [0.1, 0.15) is 5.82 Å². The van der Waals surface area contributed by atoms with Crippen molar-refractivity contribution in [3.8, 4) is 0 Å². The lowest BCUT2D eigenvalue weighted by Gasteiger charge is -2.07. The Balaban J connectivity index is 2.18. The molecule has 92 valence electrons. The highest BCUT2D eigenvalue weighted by atomic mass is 35.5. The van der Waals surface area contributed by atoms with Gasteiger partial charge in [-0.1, -0.05) is 11.6 Å². The Bertz CT molecular complexity index is 584. The summed E-state index contributed by atoms with van der Waals surface area (Å²) in [6, 6.07) is 4.59. The number of hydrogen-bond acceptors (Lipinski definition) is 3. The summed E-state index contributed by atoms with van der Waals surface area (Å²) in [7, 11) is 0. The van der Waals surface area contributed by atoms with Crippen LogP contribution < -0.4 is 10.0 Å². The lowest BCUT2D eigenvalue weighted by atomic mass is 10.2. The second-order valence-electron chi connectivity index (χ2n) is 3.72. The highest BCUT2D eigenvalue weighted by molar-refractivity contribution is 6.30. The molecule has 0 radical (unpaired) electrons. The average molecular weight is 264 g/mol. The van der Waals surface area contributed by atoms with Gasteiger partial charge in [0.15, 0.2) is 12.4 Å². The molecule has 0 saturated heterocycles. The number of halogens is 1. The molecular weight excluding hydrogens is 254 g/mol. The molecule has 0 aliphatic carbocycles. The summed E-state index contributed by atoms with van der Waals surface area (Å²) >= 11 is 5.78. The summed E-state index contributed by atoms with van der Waals surface area (Å²) in [5.41, 5.74) is 1.16. The van der Waals surface area contributed by atoms with Crippen LogP contribution in [0.5, 0.6) is 0 Å². The first-order valence-corrected chi connectivity index (χ1v) is 5.56. The maximum atomic E-state index is 11.9. The second-order valence-corrected chi connectivity index (χ2v) is 4.16. The number of carbonyl (C=O) groups is 1. The second kappa shape index (κ2) is 5.01. The SMILES string of the molecule is Cc1cc(Cl)cnc1NC(=O)c1cc[n+]([O-])cc1. The number of amides is 1. The zero-order valence-corrected chi connectivity index (χ0v) is 10.3. The summed E-state index contributed by atoms with van der Waals surface area (Å²) in [6.45, 7) is 1.80. The molecule has 0 fully saturated rings. The smallest absolute Gasteiger partial charge is 0.257 e. The molecule has 2 heterocycles. The van der Waals surface area contributed by atoms with E-state index in [1.54, 1.807) is 13.0 Å². The van der Waals surface area contributed by atoms with Crippen LogP contribution in [0.15, 0.2) is 36.8 Å². The minimum Gasteiger partial charge on any atom is -0.619 e. The van der Waals surface area contributed by atoms with Crippen LogP contribution in [0, 0.1) is 12.1 Å². The van der Waals surface area contributed by atoms with Crippen LogP contribution in [0.4, 0.5) is 5.82 Å². The summed E-state index contributed by atoms with van der Waals surface area (Å²) in [4.78, 5) is 15.9. The molecule has 0 aliphatic rings. The van der Waals surface area contributed by atoms with E-state index < -0.39 is 0 Å². The summed E-state index contributed by atoms with van der Waals surface area (Å²) in [5.74, 6) is 0.122. The molecule has 5 nitrogen and oxygen atoms in total. The van der Waals surface area contributed by atoms with Crippen molar-refractivity contribution < 1.29 is 9.52 Å². The Kier molecular flexibility index (Phi) is 3.43. The molecule has 0 aliphatic heterocycles. The number of anilines is 1. The minimum absolute atomic E-state index is 0.325. The first-order valence-electron chi connectivity index (χ1n) is 5.18. The van der Waals surface area contributed by atoms with Crippen LogP contribution in [0.2, 0.25) is 5.02 Å². The van der Waals surface area contributed by atoms with E-state index in [1.165, 1.54) is 30.7 Å². The van der Waals surface area contributed by atoms with Crippen molar-refractivity contribution in [3.63, 3.8) is 0 Å². The lowest BCUT2D eigenvalue weighted by molar-refractivity contribution is -0.605. The van der Waals surface area contributed by atoms with Gasteiger partial charge in [-0.3, -0.25) is 4.79 Å². The average Bonchev–Trinajstić information content (AvgIpc) is 2.33. The van der Waals surface area contributed by atoms with E-state index in [0.717, 1.165) is 5.56 Å². The highest BCUT2D eigenvalue weighted by Crippen LogP contribution is 2.16. The first-order chi connectivity index (χ1) is 8.56. The molecule has 2 rings (SSSR count). The van der Waals surface area contributed by atoms with E-state index in [9.17, 15) is 10.0 Å². The fourth-order valence-electron chi connectivity index (χ4n) is 1.42. The quantitative estimate of drug-likeness (QED) is 0.665. The molecule has 0 saturated carbocycles. The lowest BCUT2D eigenvalue weighted by Crippen LogP contribution is -2.25. The topological polar surface area (TPSA) is 68.9 Å². The molecule has 0 spiro atoms. The van der Waals surface area contributed by atoms with E-state index in [-0.39, 0.29) is 5.91 Å². The normalized spacial score (nSPS) is 10.1. The minimum atomic E-state index is -0.325. The first kappa shape index (κ1) is 12.3. The number of nitrogens with zero attached hydrogens (tertiary/aromatic N) is 2. The van der Waals surface area contributed by atoms with Crippen molar-refractivity contribution in [2.24, 2.45) is 0 Å². The number of rotatable bonds is 2. The van der Waals surface area contributed by atoms with Crippen LogP contribution >= 0.6 is 11.6 Å². The monoisotopic (exact) mass is 263 g/mol. The molecule has 1 amide bonds. The van der Waals surface area contributed by atoms with Crippen molar-refractivity contribution >= 4 is 23.3 Å². The van der Waals surface area contributed by atoms with E-state index in [0.29, 0.717) is 21.1 Å². The Labute approximate surface area is 109 Å². The van der Waals surface area contributed by atoms with Crippen LogP contribution in [-0.2, 0) is 0 Å². The molecule has 0 atom stereocenters. The van der Waals surface area contributed by atoms with E-state index in [4.69, 9.17) is 11.6 Å². The molecule has 6 heteroatoms. The van der Waals surface area contributed by atoms with Gasteiger partial charge in [-0.25, -0.2) is 4.98 Å². The zero-order chi connectivity index (χ0) is 13.1. The maximum Gasteiger partial charge on any atom is 0.257 e. The van der Waals surface area contributed by atoms with Crippen molar-refractivity contribution in [3.05, 3.63) is 58.1 Å². The molecule has 0 bridgehead atoms. The van der Waals surface area contributed by atoms with E-state index in [2.05, 4.69) is 10.3 Å². The third kappa shape index (κ3) is 2.75. The van der Waals surface area contributed by atoms with Gasteiger partial charge in [0.05, 0.1) is 10.6 Å². The number of aryl methyl sites for hydroxylation is 1. The highest BCUT2D eigenvalue weighted by Gasteiger charge is 2.09. The van der Waals surface area contributed by atoms with Crippen molar-refractivity contribution in [2.45, 2.75) is 6.92 Å². The third-order valence-electron chi connectivity index (χ3n) is 2.34. The maximum absolute atomic E-state index is 11.9. The van der Waals surface area contributed by atoms with Crippen LogP contribution in [-0.4, -0.2) is 10.9 Å². The number of aromatic nitrogens is 2. The zero-order valence-electron chi connectivity index (χ0n) is 9.55. The Morgan fingerprint density at radius 1 is 1.44 bits per heavy atom. The van der Waals surface area contributed by atoms with E-state index in [1.807, 2.05) is 0 Å². The molecule has 0 aromatic carbocycles. The number of carbonyl (C=O) groups excluding carboxylic acids is 1. The Hall–Kier alpha value is -2.14. The number of nitrogens with one attached hydrogen (secondary N) is 1. The summed E-state index contributed by atoms with van der Waals surface area (Å²) in [6.07, 6.45) is 3.98. The molecular formula is C12H10ClN3O2. The molecule has 2 aromatic heterocycles. The van der Waals surface area contributed by atoms with Crippen LogP contribution in [0.25, 0.3) is 0 Å². The summed E-state index contributed by atoms with van der Waals surface area (Å²) < 4.78 is 0.614. The molecule has 1 N–H and O–H groups in total. The number of pyridine rings is 2. The Morgan fingerprint density at radius 2 is 2.11 bits per heavy atom. The Morgan fingerprint density at radius 3 is 2.72 bits per heavy atom. The van der Waals surface area contributed by atoms with Gasteiger partial charge in [0, 0.05) is 18.3 Å².